The van der Waals surface area contributed by atoms with Gasteiger partial charge in [0.25, 0.3) is 0 Å². The third-order valence-corrected chi connectivity index (χ3v) is 7.34. The molecule has 0 aliphatic rings. The second kappa shape index (κ2) is 9.89. The van der Waals surface area contributed by atoms with Crippen LogP contribution in [0.5, 0.6) is 0 Å². The van der Waals surface area contributed by atoms with Gasteiger partial charge in [-0.05, 0) is 62.0 Å². The molecule has 23 heavy (non-hydrogen) atoms. The predicted molar refractivity (Wildman–Crippen MR) is 107 cm³/mol. The topological polar surface area (TPSA) is 0 Å². The Kier molecular flexibility index (Phi) is 7.83. The summed E-state index contributed by atoms with van der Waals surface area (Å²) in [4.78, 5) is 0. The van der Waals surface area contributed by atoms with Crippen LogP contribution in [0.25, 0.3) is 0 Å². The summed E-state index contributed by atoms with van der Waals surface area (Å²) >= 11 is 0. The van der Waals surface area contributed by atoms with Crippen LogP contribution >= 0.6 is 7.92 Å². The summed E-state index contributed by atoms with van der Waals surface area (Å²) < 4.78 is 0. The molecule has 1 atom stereocenters. The van der Waals surface area contributed by atoms with Gasteiger partial charge in [0, 0.05) is 0 Å². The Labute approximate surface area is 144 Å². The maximum Gasteiger partial charge on any atom is -0.0163 e. The van der Waals surface area contributed by atoms with Crippen LogP contribution in [-0.4, -0.2) is 6.16 Å². The Morgan fingerprint density at radius 2 is 1.39 bits per heavy atom. The highest BCUT2D eigenvalue weighted by Gasteiger charge is 2.17. The molecule has 1 heteroatoms. The highest BCUT2D eigenvalue weighted by molar-refractivity contribution is 7.73. The molecule has 124 valence electrons. The molecule has 2 rings (SSSR count). The fourth-order valence-electron chi connectivity index (χ4n) is 3.11. The van der Waals surface area contributed by atoms with Crippen molar-refractivity contribution in [2.45, 2.75) is 59.3 Å². The number of rotatable bonds is 9. The zero-order valence-electron chi connectivity index (χ0n) is 15.0. The van der Waals surface area contributed by atoms with Crippen LogP contribution in [0.2, 0.25) is 0 Å². The Morgan fingerprint density at radius 1 is 0.739 bits per heavy atom. The minimum atomic E-state index is -0.221. The first-order chi connectivity index (χ1) is 11.3. The summed E-state index contributed by atoms with van der Waals surface area (Å²) in [7, 11) is -0.221. The van der Waals surface area contributed by atoms with Crippen LogP contribution in [0.1, 0.15) is 57.1 Å². The van der Waals surface area contributed by atoms with Crippen molar-refractivity contribution in [3.63, 3.8) is 0 Å². The lowest BCUT2D eigenvalue weighted by Gasteiger charge is -2.23. The van der Waals surface area contributed by atoms with E-state index in [0.717, 1.165) is 0 Å². The quantitative estimate of drug-likeness (QED) is 0.394. The molecule has 0 amide bonds. The molecule has 0 saturated heterocycles. The van der Waals surface area contributed by atoms with Gasteiger partial charge in [0.1, 0.15) is 0 Å². The summed E-state index contributed by atoms with van der Waals surface area (Å²) in [6.45, 7) is 6.86. The summed E-state index contributed by atoms with van der Waals surface area (Å²) in [6.07, 6.45) is 9.12. The highest BCUT2D eigenvalue weighted by Crippen LogP contribution is 2.37. The van der Waals surface area contributed by atoms with E-state index in [9.17, 15) is 0 Å². The van der Waals surface area contributed by atoms with Crippen LogP contribution in [0.15, 0.2) is 48.5 Å². The van der Waals surface area contributed by atoms with Gasteiger partial charge in [-0.1, -0.05) is 81.6 Å². The van der Waals surface area contributed by atoms with Gasteiger partial charge in [-0.15, -0.1) is 0 Å². The molecule has 0 bridgehead atoms. The van der Waals surface area contributed by atoms with Crippen molar-refractivity contribution >= 4 is 18.5 Å². The molecule has 0 N–H and O–H groups in total. The first-order valence-corrected chi connectivity index (χ1v) is 10.7. The molecule has 0 aliphatic carbocycles. The Balaban J connectivity index is 2.35. The number of benzene rings is 2. The third kappa shape index (κ3) is 5.18. The Hall–Kier alpha value is -1.13. The summed E-state index contributed by atoms with van der Waals surface area (Å²) in [6, 6.07) is 18.2. The van der Waals surface area contributed by atoms with Crippen molar-refractivity contribution in [3.05, 3.63) is 59.7 Å². The van der Waals surface area contributed by atoms with E-state index in [-0.39, 0.29) is 7.92 Å². The lowest BCUT2D eigenvalue weighted by molar-refractivity contribution is 0.776. The Bertz CT molecular complexity index is 588. The molecule has 0 aromatic heterocycles. The van der Waals surface area contributed by atoms with Crippen molar-refractivity contribution in [2.24, 2.45) is 0 Å². The first-order valence-electron chi connectivity index (χ1n) is 9.19. The smallest absolute Gasteiger partial charge is 0.0163 e. The van der Waals surface area contributed by atoms with Crippen molar-refractivity contribution in [2.75, 3.05) is 6.16 Å². The number of hydrogen-bond donors (Lipinski definition) is 0. The van der Waals surface area contributed by atoms with E-state index >= 15 is 0 Å². The van der Waals surface area contributed by atoms with Gasteiger partial charge in [0.2, 0.25) is 0 Å². The summed E-state index contributed by atoms with van der Waals surface area (Å²) in [5, 5.41) is 3.21. The minimum Gasteiger partial charge on any atom is -0.0654 e. The molecule has 2 aromatic carbocycles. The van der Waals surface area contributed by atoms with Gasteiger partial charge in [0.15, 0.2) is 0 Å². The maximum atomic E-state index is 2.40. The number of aryl methyl sites for hydroxylation is 2. The second-order valence-electron chi connectivity index (χ2n) is 6.38. The van der Waals surface area contributed by atoms with E-state index in [1.54, 1.807) is 16.2 Å². The molecule has 2 aromatic rings. The largest absolute Gasteiger partial charge is 0.0654 e. The fourth-order valence-corrected chi connectivity index (χ4v) is 5.96. The van der Waals surface area contributed by atoms with Gasteiger partial charge in [0.05, 0.1) is 0 Å². The summed E-state index contributed by atoms with van der Waals surface area (Å²) in [5.74, 6) is 0. The molecule has 1 unspecified atom stereocenters. The molecule has 0 radical (unpaired) electrons. The van der Waals surface area contributed by atoms with Gasteiger partial charge in [-0.2, -0.15) is 0 Å². The van der Waals surface area contributed by atoms with E-state index in [1.165, 1.54) is 50.3 Å². The summed E-state index contributed by atoms with van der Waals surface area (Å²) in [5.41, 5.74) is 3.04. The van der Waals surface area contributed by atoms with Crippen molar-refractivity contribution in [1.29, 1.82) is 0 Å². The zero-order chi connectivity index (χ0) is 16.5. The monoisotopic (exact) mass is 326 g/mol. The molecular weight excluding hydrogens is 295 g/mol. The van der Waals surface area contributed by atoms with Crippen LogP contribution in [-0.2, 0) is 6.42 Å². The van der Waals surface area contributed by atoms with E-state index in [2.05, 4.69) is 69.3 Å². The van der Waals surface area contributed by atoms with Crippen molar-refractivity contribution in [3.8, 4) is 0 Å². The highest BCUT2D eigenvalue weighted by atomic mass is 31.1. The molecular formula is C22H31P. The van der Waals surface area contributed by atoms with E-state index < -0.39 is 0 Å². The number of hydrogen-bond acceptors (Lipinski definition) is 0. The number of unbranched alkanes of at least 4 members (excludes halogenated alkanes) is 3. The van der Waals surface area contributed by atoms with Crippen LogP contribution in [0, 0.1) is 6.92 Å². The molecule has 0 fully saturated rings. The SMILES string of the molecule is CCCCCP(c1ccccc1C)c1ccccc1CCCC. The molecule has 0 heterocycles. The van der Waals surface area contributed by atoms with Crippen LogP contribution < -0.4 is 10.6 Å². The standard InChI is InChI=1S/C22H31P/c1-4-6-12-18-23(21-16-10-8-13-19(21)3)22-17-11-9-15-20(22)14-7-5-2/h8-11,13,15-17H,4-7,12,14,18H2,1-3H3. The first kappa shape index (κ1) is 18.2. The molecule has 0 saturated carbocycles. The lowest BCUT2D eigenvalue weighted by atomic mass is 10.1. The fraction of sp³-hybridized carbons (Fsp3) is 0.455. The second-order valence-corrected chi connectivity index (χ2v) is 8.64. The molecule has 0 aliphatic heterocycles. The lowest BCUT2D eigenvalue weighted by Crippen LogP contribution is -2.20. The van der Waals surface area contributed by atoms with Gasteiger partial charge >= 0.3 is 0 Å². The minimum absolute atomic E-state index is 0.221. The van der Waals surface area contributed by atoms with Gasteiger partial charge in [-0.25, -0.2) is 0 Å². The average molecular weight is 326 g/mol. The Morgan fingerprint density at radius 3 is 2.09 bits per heavy atom. The molecule has 0 nitrogen and oxygen atoms in total. The van der Waals surface area contributed by atoms with E-state index in [4.69, 9.17) is 0 Å². The van der Waals surface area contributed by atoms with Gasteiger partial charge < -0.3 is 0 Å². The van der Waals surface area contributed by atoms with Crippen LogP contribution in [0.4, 0.5) is 0 Å². The average Bonchev–Trinajstić information content (AvgIpc) is 2.58. The molecule has 0 spiro atoms. The third-order valence-electron chi connectivity index (χ3n) is 4.47. The maximum absolute atomic E-state index is 2.40. The van der Waals surface area contributed by atoms with E-state index in [0.29, 0.717) is 0 Å². The van der Waals surface area contributed by atoms with Crippen molar-refractivity contribution < 1.29 is 0 Å². The predicted octanol–water partition coefficient (Wildman–Crippen LogP) is 5.96. The normalized spacial score (nSPS) is 12.3. The van der Waals surface area contributed by atoms with Crippen LogP contribution in [0.3, 0.4) is 0 Å². The van der Waals surface area contributed by atoms with Crippen molar-refractivity contribution in [1.82, 2.24) is 0 Å². The van der Waals surface area contributed by atoms with E-state index in [1.807, 2.05) is 0 Å². The van der Waals surface area contributed by atoms with Gasteiger partial charge in [-0.3, -0.25) is 0 Å². The zero-order valence-corrected chi connectivity index (χ0v) is 15.9.